The van der Waals surface area contributed by atoms with Crippen molar-refractivity contribution in [3.8, 4) is 50.7 Å². The first-order chi connectivity index (χ1) is 31.7. The molecule has 1 aliphatic heterocycles. The van der Waals surface area contributed by atoms with Crippen molar-refractivity contribution in [2.45, 2.75) is 33.1 Å². The molecule has 0 aliphatic carbocycles. The van der Waals surface area contributed by atoms with Crippen molar-refractivity contribution < 1.29 is 9.13 Å². The normalized spacial score (nSPS) is 12.6. The second-order valence-electron chi connectivity index (χ2n) is 17.9. The number of rotatable bonds is 8. The monoisotopic (exact) mass is 846 g/mol. The molecule has 0 bridgehead atoms. The van der Waals surface area contributed by atoms with E-state index in [0.29, 0.717) is 6.67 Å². The van der Waals surface area contributed by atoms with Crippen molar-refractivity contribution >= 4 is 44.6 Å². The zero-order chi connectivity index (χ0) is 44.2. The molecule has 11 rings (SSSR count). The average molecular weight is 847 g/mol. The number of ether oxygens (including phenoxy) is 1. The summed E-state index contributed by atoms with van der Waals surface area (Å²) in [6.45, 7) is 9.38. The Kier molecular flexibility index (Phi) is 9.80. The molecule has 0 amide bonds. The molecule has 0 saturated heterocycles. The smallest absolute Gasteiger partial charge is 0.137 e. The van der Waals surface area contributed by atoms with E-state index in [1.807, 2.05) is 24.4 Å². The number of para-hydroxylation sites is 4. The van der Waals surface area contributed by atoms with Crippen molar-refractivity contribution in [3.05, 3.63) is 217 Å². The first-order valence-corrected chi connectivity index (χ1v) is 22.2. The van der Waals surface area contributed by atoms with Crippen LogP contribution >= 0.6 is 0 Å². The van der Waals surface area contributed by atoms with E-state index >= 15 is 0 Å². The Bertz CT molecular complexity index is 3400. The minimum absolute atomic E-state index is 0.0341. The molecule has 10 aromatic rings. The van der Waals surface area contributed by atoms with Gasteiger partial charge in [-0.15, -0.1) is 0 Å². The standard InChI is InChI=1S/C59H47FN4O/c1-39-15-8-9-18-48(39)42-33-45(36-47(34-42)65-46-29-30-52-51-19-10-11-22-53(51)64(56(52)37-46)57-35-43(31-32-61-57)59(2,3)4)62-38-63(55-24-13-12-23-54(55)62)58-49(40-16-6-5-7-17-40)20-14-21-50(58)41-25-27-44(60)28-26-41/h5-37H,38H2,1-4H3. The number of nitrogens with zero attached hydrogens (tertiary/aromatic N) is 4. The number of aromatic nitrogens is 2. The third-order valence-electron chi connectivity index (χ3n) is 12.7. The molecule has 1 aliphatic rings. The van der Waals surface area contributed by atoms with Gasteiger partial charge in [0.15, 0.2) is 0 Å². The molecule has 0 saturated carbocycles. The van der Waals surface area contributed by atoms with E-state index < -0.39 is 0 Å². The van der Waals surface area contributed by atoms with E-state index in [4.69, 9.17) is 9.72 Å². The topological polar surface area (TPSA) is 33.5 Å². The molecule has 2 aromatic heterocycles. The molecule has 3 heterocycles. The van der Waals surface area contributed by atoms with Crippen LogP contribution in [-0.4, -0.2) is 16.2 Å². The molecule has 0 spiro atoms. The Labute approximate surface area is 379 Å². The molecule has 316 valence electrons. The maximum Gasteiger partial charge on any atom is 0.137 e. The second-order valence-corrected chi connectivity index (χ2v) is 17.9. The maximum absolute atomic E-state index is 14.4. The fourth-order valence-corrected chi connectivity index (χ4v) is 9.43. The van der Waals surface area contributed by atoms with Gasteiger partial charge in [0.05, 0.1) is 28.1 Å². The van der Waals surface area contributed by atoms with Crippen LogP contribution < -0.4 is 14.5 Å². The van der Waals surface area contributed by atoms with Crippen LogP contribution in [-0.2, 0) is 5.41 Å². The first kappa shape index (κ1) is 39.9. The fourth-order valence-electron chi connectivity index (χ4n) is 9.43. The third kappa shape index (κ3) is 7.27. The van der Waals surface area contributed by atoms with Crippen LogP contribution in [0.4, 0.5) is 27.1 Å². The molecule has 0 atom stereocenters. The van der Waals surface area contributed by atoms with Gasteiger partial charge in [-0.3, -0.25) is 4.57 Å². The van der Waals surface area contributed by atoms with Crippen molar-refractivity contribution in [3.63, 3.8) is 0 Å². The summed E-state index contributed by atoms with van der Waals surface area (Å²) in [5, 5.41) is 2.30. The lowest BCUT2D eigenvalue weighted by molar-refractivity contribution is 0.483. The molecule has 6 heteroatoms. The number of fused-ring (bicyclic) bond motifs is 4. The number of hydrogen-bond acceptors (Lipinski definition) is 4. The minimum atomic E-state index is -0.260. The molecular formula is C59H47FN4O. The van der Waals surface area contributed by atoms with E-state index in [-0.39, 0.29) is 11.2 Å². The van der Waals surface area contributed by atoms with E-state index in [1.54, 1.807) is 0 Å². The molecule has 5 nitrogen and oxygen atoms in total. The zero-order valence-electron chi connectivity index (χ0n) is 36.8. The molecule has 65 heavy (non-hydrogen) atoms. The summed E-state index contributed by atoms with van der Waals surface area (Å²) in [5.41, 5.74) is 15.0. The van der Waals surface area contributed by atoms with Gasteiger partial charge in [-0.1, -0.05) is 136 Å². The van der Waals surface area contributed by atoms with Gasteiger partial charge in [-0.25, -0.2) is 9.37 Å². The molecule has 0 N–H and O–H groups in total. The van der Waals surface area contributed by atoms with E-state index in [2.05, 4.69) is 206 Å². The van der Waals surface area contributed by atoms with Crippen LogP contribution in [0.25, 0.3) is 61.0 Å². The van der Waals surface area contributed by atoms with E-state index in [9.17, 15) is 4.39 Å². The first-order valence-electron chi connectivity index (χ1n) is 22.2. The lowest BCUT2D eigenvalue weighted by Crippen LogP contribution is -2.25. The number of hydrogen-bond donors (Lipinski definition) is 0. The number of anilines is 4. The van der Waals surface area contributed by atoms with Gasteiger partial charge in [0.2, 0.25) is 0 Å². The van der Waals surface area contributed by atoms with Crippen molar-refractivity contribution in [2.75, 3.05) is 16.5 Å². The minimum Gasteiger partial charge on any atom is -0.457 e. The zero-order valence-corrected chi connectivity index (χ0v) is 36.8. The second kappa shape index (κ2) is 16.0. The van der Waals surface area contributed by atoms with Crippen LogP contribution in [0.2, 0.25) is 0 Å². The Balaban J connectivity index is 1.05. The number of pyridine rings is 1. The highest BCUT2D eigenvalue weighted by molar-refractivity contribution is 6.09. The quantitative estimate of drug-likeness (QED) is 0.153. The highest BCUT2D eigenvalue weighted by Crippen LogP contribution is 2.51. The third-order valence-corrected chi connectivity index (χ3v) is 12.7. The average Bonchev–Trinajstić information content (AvgIpc) is 3.88. The van der Waals surface area contributed by atoms with Crippen molar-refractivity contribution in [2.24, 2.45) is 0 Å². The van der Waals surface area contributed by atoms with E-state index in [1.165, 1.54) is 23.3 Å². The Hall–Kier alpha value is -7.96. The Morgan fingerprint density at radius 2 is 1.18 bits per heavy atom. The van der Waals surface area contributed by atoms with Crippen molar-refractivity contribution in [1.82, 2.24) is 9.55 Å². The van der Waals surface area contributed by atoms with Crippen LogP contribution in [0, 0.1) is 12.7 Å². The fraction of sp³-hybridized carbons (Fsp3) is 0.102. The highest BCUT2D eigenvalue weighted by Gasteiger charge is 2.32. The molecular weight excluding hydrogens is 800 g/mol. The summed E-state index contributed by atoms with van der Waals surface area (Å²) in [4.78, 5) is 9.68. The Morgan fingerprint density at radius 1 is 0.523 bits per heavy atom. The lowest BCUT2D eigenvalue weighted by Gasteiger charge is -2.27. The molecule has 0 fully saturated rings. The molecule has 0 radical (unpaired) electrons. The van der Waals surface area contributed by atoms with Gasteiger partial charge in [0.25, 0.3) is 0 Å². The van der Waals surface area contributed by atoms with Crippen LogP contribution in [0.5, 0.6) is 11.5 Å². The predicted molar refractivity (Wildman–Crippen MR) is 267 cm³/mol. The summed E-state index contributed by atoms with van der Waals surface area (Å²) >= 11 is 0. The number of aryl methyl sites for hydroxylation is 1. The lowest BCUT2D eigenvalue weighted by atomic mass is 9.88. The van der Waals surface area contributed by atoms with Gasteiger partial charge in [-0.2, -0.15) is 0 Å². The summed E-state index contributed by atoms with van der Waals surface area (Å²) in [5.74, 6) is 2.07. The van der Waals surface area contributed by atoms with Crippen molar-refractivity contribution in [1.29, 1.82) is 0 Å². The number of benzene rings is 8. The van der Waals surface area contributed by atoms with Crippen LogP contribution in [0.15, 0.2) is 200 Å². The van der Waals surface area contributed by atoms with Gasteiger partial charge in [0, 0.05) is 45.9 Å². The van der Waals surface area contributed by atoms with Gasteiger partial charge in [0.1, 0.15) is 29.8 Å². The van der Waals surface area contributed by atoms with Crippen LogP contribution in [0.1, 0.15) is 31.9 Å². The maximum atomic E-state index is 14.4. The summed E-state index contributed by atoms with van der Waals surface area (Å²) in [6.07, 6.45) is 1.91. The summed E-state index contributed by atoms with van der Waals surface area (Å²) in [7, 11) is 0. The van der Waals surface area contributed by atoms with Gasteiger partial charge < -0.3 is 14.5 Å². The molecule has 8 aromatic carbocycles. The number of halogens is 1. The predicted octanol–water partition coefficient (Wildman–Crippen LogP) is 16.0. The Morgan fingerprint density at radius 3 is 1.95 bits per heavy atom. The SMILES string of the molecule is Cc1ccccc1-c1cc(Oc2ccc3c4ccccc4n(-c4cc(C(C)(C)C)ccn4)c3c2)cc(N2CN(c3c(-c4ccccc4)cccc3-c3ccc(F)cc3)c3ccccc32)c1. The highest BCUT2D eigenvalue weighted by atomic mass is 19.1. The molecule has 0 unspecified atom stereocenters. The van der Waals surface area contributed by atoms with Gasteiger partial charge in [-0.05, 0) is 112 Å². The largest absolute Gasteiger partial charge is 0.457 e. The van der Waals surface area contributed by atoms with Gasteiger partial charge >= 0.3 is 0 Å². The summed E-state index contributed by atoms with van der Waals surface area (Å²) < 4.78 is 23.6. The van der Waals surface area contributed by atoms with E-state index in [0.717, 1.165) is 95.3 Å². The van der Waals surface area contributed by atoms with Crippen LogP contribution in [0.3, 0.4) is 0 Å². The summed E-state index contributed by atoms with van der Waals surface area (Å²) in [6, 6.07) is 66.6.